The molecule has 4 nitrogen and oxygen atoms in total. The van der Waals surface area contributed by atoms with Crippen LogP contribution in [0, 0.1) is 5.92 Å². The first kappa shape index (κ1) is 13.6. The number of nitrogens with two attached hydrogens (primary N) is 1. The zero-order chi connectivity index (χ0) is 13.3. The summed E-state index contributed by atoms with van der Waals surface area (Å²) in [5.41, 5.74) is 7.62. The van der Waals surface area contributed by atoms with Gasteiger partial charge in [0.25, 0.3) is 0 Å². The number of aryl methyl sites for hydroxylation is 1. The van der Waals surface area contributed by atoms with Gasteiger partial charge >= 0.3 is 0 Å². The fraction of sp³-hybridized carbons (Fsp3) is 0.786. The first-order valence-corrected chi connectivity index (χ1v) is 7.02. The predicted octanol–water partition coefficient (Wildman–Crippen LogP) is 1.93. The molecule has 1 saturated heterocycles. The third-order valence-electron chi connectivity index (χ3n) is 4.13. The van der Waals surface area contributed by atoms with Gasteiger partial charge in [0, 0.05) is 37.4 Å². The number of hydrogen-bond donors (Lipinski definition) is 1. The van der Waals surface area contributed by atoms with E-state index in [2.05, 4.69) is 37.0 Å². The zero-order valence-corrected chi connectivity index (χ0v) is 12.0. The van der Waals surface area contributed by atoms with Crippen LogP contribution in [0.25, 0.3) is 0 Å². The van der Waals surface area contributed by atoms with Gasteiger partial charge in [-0.05, 0) is 25.7 Å². The Labute approximate surface area is 110 Å². The Balaban J connectivity index is 2.25. The summed E-state index contributed by atoms with van der Waals surface area (Å²) < 4.78 is 1.87. The second-order valence-electron chi connectivity index (χ2n) is 5.85. The van der Waals surface area contributed by atoms with E-state index in [1.807, 2.05) is 17.9 Å². The van der Waals surface area contributed by atoms with E-state index in [4.69, 9.17) is 5.73 Å². The third kappa shape index (κ3) is 2.59. The molecule has 2 rings (SSSR count). The van der Waals surface area contributed by atoms with Crippen LogP contribution in [-0.4, -0.2) is 33.3 Å². The van der Waals surface area contributed by atoms with Gasteiger partial charge in [-0.2, -0.15) is 5.10 Å². The van der Waals surface area contributed by atoms with Crippen molar-refractivity contribution in [2.45, 2.75) is 51.7 Å². The molecule has 1 aromatic rings. The topological polar surface area (TPSA) is 47.1 Å². The molecule has 2 N–H and O–H groups in total. The highest BCUT2D eigenvalue weighted by molar-refractivity contribution is 5.14. The van der Waals surface area contributed by atoms with E-state index in [0.29, 0.717) is 12.1 Å². The molecule has 4 heteroatoms. The Kier molecular flexibility index (Phi) is 4.07. The largest absolute Gasteiger partial charge is 0.326 e. The summed E-state index contributed by atoms with van der Waals surface area (Å²) in [6.07, 6.45) is 6.34. The zero-order valence-electron chi connectivity index (χ0n) is 12.0. The number of likely N-dealkylation sites (tertiary alicyclic amines) is 1. The highest BCUT2D eigenvalue weighted by Crippen LogP contribution is 2.34. The summed E-state index contributed by atoms with van der Waals surface area (Å²) in [6, 6.07) is 1.11. The molecule has 0 amide bonds. The van der Waals surface area contributed by atoms with Crippen molar-refractivity contribution in [3.8, 4) is 0 Å². The molecular weight excluding hydrogens is 224 g/mol. The van der Waals surface area contributed by atoms with E-state index < -0.39 is 0 Å². The van der Waals surface area contributed by atoms with Gasteiger partial charge in [0.2, 0.25) is 0 Å². The third-order valence-corrected chi connectivity index (χ3v) is 4.13. The Morgan fingerprint density at radius 1 is 1.50 bits per heavy atom. The van der Waals surface area contributed by atoms with Gasteiger partial charge in [0.15, 0.2) is 0 Å². The van der Waals surface area contributed by atoms with Gasteiger partial charge in [-0.3, -0.25) is 9.58 Å². The average Bonchev–Trinajstić information content (AvgIpc) is 2.86. The molecule has 0 aliphatic carbocycles. The Morgan fingerprint density at radius 2 is 2.22 bits per heavy atom. The van der Waals surface area contributed by atoms with Crippen molar-refractivity contribution < 1.29 is 0 Å². The lowest BCUT2D eigenvalue weighted by atomic mass is 9.98. The maximum absolute atomic E-state index is 6.37. The highest BCUT2D eigenvalue weighted by Gasteiger charge is 2.35. The summed E-state index contributed by atoms with van der Waals surface area (Å²) in [6.45, 7) is 7.95. The molecule has 4 unspecified atom stereocenters. The number of aromatic nitrogens is 2. The molecule has 1 fully saturated rings. The molecular formula is C14H26N4. The van der Waals surface area contributed by atoms with Gasteiger partial charge in [0.05, 0.1) is 12.2 Å². The van der Waals surface area contributed by atoms with Crippen molar-refractivity contribution in [2.75, 3.05) is 6.54 Å². The van der Waals surface area contributed by atoms with Crippen molar-refractivity contribution in [1.82, 2.24) is 14.7 Å². The maximum atomic E-state index is 6.37. The van der Waals surface area contributed by atoms with E-state index in [-0.39, 0.29) is 6.04 Å². The van der Waals surface area contributed by atoms with Crippen LogP contribution in [0.1, 0.15) is 45.2 Å². The second kappa shape index (κ2) is 5.41. The summed E-state index contributed by atoms with van der Waals surface area (Å²) in [5.74, 6) is 0.767. The van der Waals surface area contributed by atoms with Gasteiger partial charge in [-0.1, -0.05) is 13.8 Å². The molecule has 0 radical (unpaired) electrons. The van der Waals surface area contributed by atoms with Crippen LogP contribution in [-0.2, 0) is 7.05 Å². The summed E-state index contributed by atoms with van der Waals surface area (Å²) >= 11 is 0. The van der Waals surface area contributed by atoms with Crippen molar-refractivity contribution >= 4 is 0 Å². The first-order chi connectivity index (χ1) is 8.52. The minimum absolute atomic E-state index is 0.182. The van der Waals surface area contributed by atoms with Crippen molar-refractivity contribution in [1.29, 1.82) is 0 Å². The normalized spacial score (nSPS) is 28.5. The Bertz CT molecular complexity index is 387. The molecule has 0 aromatic carbocycles. The number of rotatable bonds is 4. The molecule has 0 spiro atoms. The van der Waals surface area contributed by atoms with Crippen molar-refractivity contribution in [2.24, 2.45) is 18.7 Å². The molecule has 4 atom stereocenters. The lowest BCUT2D eigenvalue weighted by Gasteiger charge is -2.34. The SMILES string of the molecule is CCC(N)C(c1cnn(C)c1)N1CC(C)CC1C. The Morgan fingerprint density at radius 3 is 2.67 bits per heavy atom. The second-order valence-corrected chi connectivity index (χ2v) is 5.85. The summed E-state index contributed by atoms with van der Waals surface area (Å²) in [7, 11) is 1.97. The van der Waals surface area contributed by atoms with E-state index in [1.165, 1.54) is 12.0 Å². The molecule has 1 aliphatic rings. The predicted molar refractivity (Wildman–Crippen MR) is 74.2 cm³/mol. The first-order valence-electron chi connectivity index (χ1n) is 7.02. The molecule has 18 heavy (non-hydrogen) atoms. The van der Waals surface area contributed by atoms with E-state index in [0.717, 1.165) is 18.9 Å². The number of nitrogens with zero attached hydrogens (tertiary/aromatic N) is 3. The fourth-order valence-electron chi connectivity index (χ4n) is 3.22. The minimum Gasteiger partial charge on any atom is -0.326 e. The Hall–Kier alpha value is -0.870. The quantitative estimate of drug-likeness (QED) is 0.888. The summed E-state index contributed by atoms with van der Waals surface area (Å²) in [5, 5.41) is 4.30. The van der Waals surface area contributed by atoms with Crippen molar-refractivity contribution in [3.05, 3.63) is 18.0 Å². The van der Waals surface area contributed by atoms with E-state index >= 15 is 0 Å². The average molecular weight is 250 g/mol. The lowest BCUT2D eigenvalue weighted by molar-refractivity contribution is 0.160. The molecule has 0 saturated carbocycles. The lowest BCUT2D eigenvalue weighted by Crippen LogP contribution is -2.42. The van der Waals surface area contributed by atoms with Gasteiger partial charge in [0.1, 0.15) is 0 Å². The van der Waals surface area contributed by atoms with Crippen LogP contribution in [0.5, 0.6) is 0 Å². The van der Waals surface area contributed by atoms with E-state index in [1.54, 1.807) is 0 Å². The molecule has 1 aromatic heterocycles. The summed E-state index contributed by atoms with van der Waals surface area (Å²) in [4.78, 5) is 2.57. The smallest absolute Gasteiger partial charge is 0.0538 e. The van der Waals surface area contributed by atoms with Crippen LogP contribution in [0.15, 0.2) is 12.4 Å². The minimum atomic E-state index is 0.182. The van der Waals surface area contributed by atoms with Crippen LogP contribution < -0.4 is 5.73 Å². The van der Waals surface area contributed by atoms with Crippen LogP contribution in [0.4, 0.5) is 0 Å². The van der Waals surface area contributed by atoms with E-state index in [9.17, 15) is 0 Å². The molecule has 0 bridgehead atoms. The maximum Gasteiger partial charge on any atom is 0.0538 e. The van der Waals surface area contributed by atoms with Crippen molar-refractivity contribution in [3.63, 3.8) is 0 Å². The van der Waals surface area contributed by atoms with Crippen LogP contribution in [0.3, 0.4) is 0 Å². The monoisotopic (exact) mass is 250 g/mol. The molecule has 102 valence electrons. The van der Waals surface area contributed by atoms with Gasteiger partial charge < -0.3 is 5.73 Å². The highest BCUT2D eigenvalue weighted by atomic mass is 15.3. The fourth-order valence-corrected chi connectivity index (χ4v) is 3.22. The van der Waals surface area contributed by atoms with Crippen LogP contribution >= 0.6 is 0 Å². The standard InChI is InChI=1S/C14H26N4/c1-5-13(15)14(12-7-16-17(4)9-12)18-8-10(2)6-11(18)3/h7,9-11,13-14H,5-6,8,15H2,1-4H3. The van der Waals surface area contributed by atoms with Gasteiger partial charge in [-0.25, -0.2) is 0 Å². The van der Waals surface area contributed by atoms with Crippen LogP contribution in [0.2, 0.25) is 0 Å². The van der Waals surface area contributed by atoms with Gasteiger partial charge in [-0.15, -0.1) is 0 Å². The molecule has 1 aliphatic heterocycles. The molecule has 2 heterocycles. The number of hydrogen-bond acceptors (Lipinski definition) is 3.